The summed E-state index contributed by atoms with van der Waals surface area (Å²) in [5, 5.41) is 10.8. The molecule has 0 atom stereocenters. The number of aromatic nitrogens is 2. The predicted octanol–water partition coefficient (Wildman–Crippen LogP) is 2.76. The summed E-state index contributed by atoms with van der Waals surface area (Å²) in [4.78, 5) is 4.29. The van der Waals surface area contributed by atoms with Gasteiger partial charge in [0.25, 0.3) is 0 Å². The van der Waals surface area contributed by atoms with Crippen LogP contribution in [0.4, 0.5) is 0 Å². The lowest BCUT2D eigenvalue weighted by Crippen LogP contribution is -2.34. The van der Waals surface area contributed by atoms with Crippen LogP contribution in [0.3, 0.4) is 0 Å². The summed E-state index contributed by atoms with van der Waals surface area (Å²) in [6, 6.07) is 0. The summed E-state index contributed by atoms with van der Waals surface area (Å²) >= 11 is 0. The van der Waals surface area contributed by atoms with E-state index in [1.807, 2.05) is 24.7 Å². The third kappa shape index (κ3) is 2.25. The van der Waals surface area contributed by atoms with Crippen LogP contribution in [0.5, 0.6) is 0 Å². The molecule has 1 fully saturated rings. The van der Waals surface area contributed by atoms with Gasteiger partial charge in [-0.05, 0) is 44.4 Å². The molecule has 0 bridgehead atoms. The Morgan fingerprint density at radius 1 is 1.41 bits per heavy atom. The van der Waals surface area contributed by atoms with Gasteiger partial charge in [0.2, 0.25) is 0 Å². The second-order valence-corrected chi connectivity index (χ2v) is 5.86. The zero-order valence-corrected chi connectivity index (χ0v) is 11.4. The van der Waals surface area contributed by atoms with Crippen molar-refractivity contribution < 1.29 is 5.11 Å². The molecular formula is C14H24N2O. The first-order valence-corrected chi connectivity index (χ1v) is 6.65. The molecule has 3 nitrogen and oxygen atoms in total. The smallest absolute Gasteiger partial charge is 0.106 e. The van der Waals surface area contributed by atoms with Gasteiger partial charge in [0.15, 0.2) is 0 Å². The SMILES string of the molecule is Cc1ncc(C2(O)CCC(C(C)C)CC2)n1C. The highest BCUT2D eigenvalue weighted by Gasteiger charge is 2.37. The topological polar surface area (TPSA) is 38.1 Å². The van der Waals surface area contributed by atoms with Gasteiger partial charge in [0, 0.05) is 7.05 Å². The Morgan fingerprint density at radius 3 is 2.41 bits per heavy atom. The molecule has 0 radical (unpaired) electrons. The third-order valence-corrected chi connectivity index (χ3v) is 4.50. The minimum atomic E-state index is -0.651. The van der Waals surface area contributed by atoms with Gasteiger partial charge in [-0.3, -0.25) is 0 Å². The standard InChI is InChI=1S/C14H24N2O/c1-10(2)12-5-7-14(17,8-6-12)13-9-15-11(3)16(13)4/h9-10,12,17H,5-8H2,1-4H3. The van der Waals surface area contributed by atoms with Crippen LogP contribution < -0.4 is 0 Å². The van der Waals surface area contributed by atoms with Crippen molar-refractivity contribution in [2.24, 2.45) is 18.9 Å². The van der Waals surface area contributed by atoms with Crippen LogP contribution in [0.15, 0.2) is 6.20 Å². The van der Waals surface area contributed by atoms with E-state index in [1.165, 1.54) is 0 Å². The summed E-state index contributed by atoms with van der Waals surface area (Å²) in [5.41, 5.74) is 0.332. The molecule has 1 saturated carbocycles. The van der Waals surface area contributed by atoms with E-state index in [2.05, 4.69) is 18.8 Å². The molecule has 1 aliphatic rings. The van der Waals surface area contributed by atoms with E-state index in [0.29, 0.717) is 0 Å². The fraction of sp³-hybridized carbons (Fsp3) is 0.786. The highest BCUT2D eigenvalue weighted by atomic mass is 16.3. The molecule has 1 N–H and O–H groups in total. The normalized spacial score (nSPS) is 29.9. The maximum atomic E-state index is 10.8. The first-order chi connectivity index (χ1) is 7.94. The van der Waals surface area contributed by atoms with Crippen LogP contribution in [-0.2, 0) is 12.6 Å². The number of nitrogens with zero attached hydrogens (tertiary/aromatic N) is 2. The minimum Gasteiger partial charge on any atom is -0.384 e. The molecule has 1 aromatic rings. The van der Waals surface area contributed by atoms with Crippen LogP contribution in [0.2, 0.25) is 0 Å². The Balaban J connectivity index is 2.15. The van der Waals surface area contributed by atoms with Crippen LogP contribution in [0, 0.1) is 18.8 Å². The Bertz CT molecular complexity index is 387. The van der Waals surface area contributed by atoms with E-state index in [0.717, 1.165) is 49.0 Å². The number of hydrogen-bond acceptors (Lipinski definition) is 2. The monoisotopic (exact) mass is 236 g/mol. The molecule has 3 heteroatoms. The van der Waals surface area contributed by atoms with Gasteiger partial charge in [-0.2, -0.15) is 0 Å². The Labute approximate surface area is 104 Å². The second-order valence-electron chi connectivity index (χ2n) is 5.86. The van der Waals surface area contributed by atoms with Crippen molar-refractivity contribution in [3.05, 3.63) is 17.7 Å². The molecule has 0 unspecified atom stereocenters. The fourth-order valence-corrected chi connectivity index (χ4v) is 2.97. The van der Waals surface area contributed by atoms with Crippen LogP contribution in [-0.4, -0.2) is 14.7 Å². The van der Waals surface area contributed by atoms with Gasteiger partial charge in [-0.15, -0.1) is 0 Å². The molecule has 17 heavy (non-hydrogen) atoms. The maximum absolute atomic E-state index is 10.8. The first kappa shape index (κ1) is 12.6. The Kier molecular flexibility index (Phi) is 3.30. The lowest BCUT2D eigenvalue weighted by atomic mass is 9.73. The number of rotatable bonds is 2. The van der Waals surface area contributed by atoms with Crippen molar-refractivity contribution in [3.63, 3.8) is 0 Å². The Hall–Kier alpha value is -0.830. The number of aryl methyl sites for hydroxylation is 1. The van der Waals surface area contributed by atoms with E-state index in [4.69, 9.17) is 0 Å². The van der Waals surface area contributed by atoms with Gasteiger partial charge in [-0.25, -0.2) is 4.98 Å². The second kappa shape index (κ2) is 4.45. The van der Waals surface area contributed by atoms with Crippen molar-refractivity contribution in [2.45, 2.75) is 52.1 Å². The van der Waals surface area contributed by atoms with Crippen molar-refractivity contribution in [1.82, 2.24) is 9.55 Å². The molecule has 1 aliphatic carbocycles. The van der Waals surface area contributed by atoms with Gasteiger partial charge in [0.1, 0.15) is 11.4 Å². The van der Waals surface area contributed by atoms with E-state index in [1.54, 1.807) is 0 Å². The predicted molar refractivity (Wildman–Crippen MR) is 68.6 cm³/mol. The minimum absolute atomic E-state index is 0.651. The molecule has 0 spiro atoms. The zero-order valence-electron chi connectivity index (χ0n) is 11.4. The molecule has 0 aromatic carbocycles. The molecule has 2 rings (SSSR count). The first-order valence-electron chi connectivity index (χ1n) is 6.65. The van der Waals surface area contributed by atoms with Crippen LogP contribution >= 0.6 is 0 Å². The molecule has 1 aromatic heterocycles. The average Bonchev–Trinajstić information content (AvgIpc) is 2.61. The van der Waals surface area contributed by atoms with Gasteiger partial charge in [0.05, 0.1) is 11.9 Å². The van der Waals surface area contributed by atoms with Crippen LogP contribution in [0.1, 0.15) is 51.0 Å². The van der Waals surface area contributed by atoms with Crippen LogP contribution in [0.25, 0.3) is 0 Å². The fourth-order valence-electron chi connectivity index (χ4n) is 2.97. The summed E-state index contributed by atoms with van der Waals surface area (Å²) in [5.74, 6) is 2.47. The molecular weight excluding hydrogens is 212 g/mol. The maximum Gasteiger partial charge on any atom is 0.106 e. The highest BCUT2D eigenvalue weighted by Crippen LogP contribution is 2.41. The average molecular weight is 236 g/mol. The summed E-state index contributed by atoms with van der Waals surface area (Å²) in [6.45, 7) is 6.54. The van der Waals surface area contributed by atoms with Gasteiger partial charge < -0.3 is 9.67 Å². The largest absolute Gasteiger partial charge is 0.384 e. The lowest BCUT2D eigenvalue weighted by molar-refractivity contribution is -0.0258. The molecule has 0 amide bonds. The van der Waals surface area contributed by atoms with E-state index < -0.39 is 5.60 Å². The van der Waals surface area contributed by atoms with Crippen molar-refractivity contribution in [2.75, 3.05) is 0 Å². The van der Waals surface area contributed by atoms with Gasteiger partial charge >= 0.3 is 0 Å². The highest BCUT2D eigenvalue weighted by molar-refractivity contribution is 5.14. The third-order valence-electron chi connectivity index (χ3n) is 4.50. The van der Waals surface area contributed by atoms with E-state index >= 15 is 0 Å². The van der Waals surface area contributed by atoms with Gasteiger partial charge in [-0.1, -0.05) is 13.8 Å². The summed E-state index contributed by atoms with van der Waals surface area (Å²) in [7, 11) is 1.99. The summed E-state index contributed by atoms with van der Waals surface area (Å²) < 4.78 is 2.02. The molecule has 96 valence electrons. The van der Waals surface area contributed by atoms with E-state index in [-0.39, 0.29) is 0 Å². The summed E-state index contributed by atoms with van der Waals surface area (Å²) in [6.07, 6.45) is 5.82. The number of aliphatic hydroxyl groups is 1. The molecule has 0 aliphatic heterocycles. The van der Waals surface area contributed by atoms with Crippen molar-refractivity contribution in [1.29, 1.82) is 0 Å². The zero-order chi connectivity index (χ0) is 12.6. The quantitative estimate of drug-likeness (QED) is 0.857. The molecule has 1 heterocycles. The van der Waals surface area contributed by atoms with Crippen molar-refractivity contribution >= 4 is 0 Å². The number of imidazole rings is 1. The molecule has 0 saturated heterocycles. The van der Waals surface area contributed by atoms with E-state index in [9.17, 15) is 5.11 Å². The number of hydrogen-bond donors (Lipinski definition) is 1. The van der Waals surface area contributed by atoms with Crippen molar-refractivity contribution in [3.8, 4) is 0 Å². The lowest BCUT2D eigenvalue weighted by Gasteiger charge is -2.37. The Morgan fingerprint density at radius 2 is 2.00 bits per heavy atom.